The second-order valence-corrected chi connectivity index (χ2v) is 7.33. The van der Waals surface area contributed by atoms with Crippen molar-refractivity contribution >= 4 is 33.3 Å². The summed E-state index contributed by atoms with van der Waals surface area (Å²) in [5.41, 5.74) is 2.16. The first-order valence-corrected chi connectivity index (χ1v) is 10.0. The van der Waals surface area contributed by atoms with Gasteiger partial charge in [0.1, 0.15) is 11.4 Å². The van der Waals surface area contributed by atoms with Crippen LogP contribution in [-0.2, 0) is 11.3 Å². The molecule has 7 heteroatoms. The molecule has 2 heterocycles. The van der Waals surface area contributed by atoms with Crippen LogP contribution in [0.1, 0.15) is 42.2 Å². The molecule has 2 aromatic heterocycles. The lowest BCUT2D eigenvalue weighted by Crippen LogP contribution is -2.23. The number of hydrogen-bond donors (Lipinski definition) is 1. The zero-order chi connectivity index (χ0) is 19.9. The molecule has 0 unspecified atom stereocenters. The van der Waals surface area contributed by atoms with Crippen molar-refractivity contribution < 1.29 is 14.3 Å². The van der Waals surface area contributed by atoms with Gasteiger partial charge in [0, 0.05) is 35.3 Å². The number of rotatable bonds is 9. The van der Waals surface area contributed by atoms with Crippen LogP contribution in [0.3, 0.4) is 0 Å². The van der Waals surface area contributed by atoms with Crippen molar-refractivity contribution in [2.24, 2.45) is 0 Å². The molecular weight excluding hydrogens is 422 g/mol. The number of fused-ring (bicyclic) bond motifs is 1. The molecule has 0 aliphatic carbocycles. The number of ketones is 1. The Hall–Kier alpha value is -2.67. The number of imidazole rings is 1. The van der Waals surface area contributed by atoms with Crippen molar-refractivity contribution in [3.05, 3.63) is 64.5 Å². The van der Waals surface area contributed by atoms with Crippen LogP contribution < -0.4 is 10.1 Å². The van der Waals surface area contributed by atoms with Crippen LogP contribution in [-0.4, -0.2) is 27.7 Å². The highest BCUT2D eigenvalue weighted by Gasteiger charge is 2.10. The minimum absolute atomic E-state index is 0.0604. The molecule has 1 amide bonds. The minimum Gasteiger partial charge on any atom is -0.494 e. The van der Waals surface area contributed by atoms with Gasteiger partial charge in [0.2, 0.25) is 5.91 Å². The summed E-state index contributed by atoms with van der Waals surface area (Å²) >= 11 is 3.41. The summed E-state index contributed by atoms with van der Waals surface area (Å²) in [4.78, 5) is 28.8. The van der Waals surface area contributed by atoms with E-state index >= 15 is 0 Å². The number of Topliss-reactive ketones (excluding diaryl/α,β-unsaturated/α-hetero) is 1. The minimum atomic E-state index is -0.172. The third-order valence-electron chi connectivity index (χ3n) is 4.16. The monoisotopic (exact) mass is 443 g/mol. The molecular formula is C21H22BrN3O3. The molecule has 146 valence electrons. The number of amides is 1. The summed E-state index contributed by atoms with van der Waals surface area (Å²) in [6.07, 6.45) is 5.02. The van der Waals surface area contributed by atoms with Crippen LogP contribution in [0.2, 0.25) is 0 Å². The molecule has 0 bridgehead atoms. The fourth-order valence-electron chi connectivity index (χ4n) is 2.71. The lowest BCUT2D eigenvalue weighted by molar-refractivity contribution is -0.121. The van der Waals surface area contributed by atoms with Gasteiger partial charge in [0.05, 0.1) is 18.8 Å². The highest BCUT2D eigenvalue weighted by molar-refractivity contribution is 9.10. The van der Waals surface area contributed by atoms with Gasteiger partial charge in [0.15, 0.2) is 5.78 Å². The Morgan fingerprint density at radius 3 is 2.64 bits per heavy atom. The van der Waals surface area contributed by atoms with Crippen LogP contribution in [0.15, 0.2) is 53.3 Å². The maximum atomic E-state index is 12.3. The van der Waals surface area contributed by atoms with Crippen LogP contribution in [0, 0.1) is 0 Å². The molecule has 1 N–H and O–H groups in total. The first-order valence-electron chi connectivity index (χ1n) is 9.21. The number of nitrogens with one attached hydrogen (secondary N) is 1. The second kappa shape index (κ2) is 9.50. The second-order valence-electron chi connectivity index (χ2n) is 6.42. The number of halogens is 1. The maximum absolute atomic E-state index is 12.3. The molecule has 0 saturated heterocycles. The SMILES string of the molecule is CCCOc1ccc(C(=O)CCC(=O)NCc2cn3cc(Br)ccc3n2)cc1. The van der Waals surface area contributed by atoms with Gasteiger partial charge in [-0.1, -0.05) is 6.92 Å². The van der Waals surface area contributed by atoms with Crippen LogP contribution in [0.5, 0.6) is 5.75 Å². The molecule has 0 aliphatic rings. The summed E-state index contributed by atoms with van der Waals surface area (Å²) < 4.78 is 8.35. The van der Waals surface area contributed by atoms with Gasteiger partial charge in [-0.2, -0.15) is 0 Å². The van der Waals surface area contributed by atoms with Crippen molar-refractivity contribution in [3.63, 3.8) is 0 Å². The molecule has 0 spiro atoms. The number of pyridine rings is 1. The van der Waals surface area contributed by atoms with E-state index in [1.807, 2.05) is 35.9 Å². The Morgan fingerprint density at radius 2 is 1.89 bits per heavy atom. The number of aromatic nitrogens is 2. The normalized spacial score (nSPS) is 10.8. The average Bonchev–Trinajstić information content (AvgIpc) is 3.11. The molecule has 28 heavy (non-hydrogen) atoms. The number of hydrogen-bond acceptors (Lipinski definition) is 4. The van der Waals surface area contributed by atoms with Gasteiger partial charge in [-0.25, -0.2) is 4.98 Å². The standard InChI is InChI=1S/C21H22BrN3O3/c1-2-11-28-18-6-3-15(4-7-18)19(26)8-10-21(27)23-12-17-14-25-13-16(22)5-9-20(25)24-17/h3-7,9,13-14H,2,8,10-12H2,1H3,(H,23,27). The van der Waals surface area contributed by atoms with Crippen molar-refractivity contribution in [3.8, 4) is 5.75 Å². The molecule has 6 nitrogen and oxygen atoms in total. The van der Waals surface area contributed by atoms with E-state index in [0.29, 0.717) is 18.7 Å². The molecule has 3 rings (SSSR count). The fourth-order valence-corrected chi connectivity index (χ4v) is 3.06. The average molecular weight is 444 g/mol. The van der Waals surface area contributed by atoms with Crippen molar-refractivity contribution in [1.82, 2.24) is 14.7 Å². The first kappa shape index (κ1) is 20.1. The molecule has 0 fully saturated rings. The largest absolute Gasteiger partial charge is 0.494 e. The van der Waals surface area contributed by atoms with E-state index in [1.54, 1.807) is 24.3 Å². The predicted molar refractivity (Wildman–Crippen MR) is 111 cm³/mol. The topological polar surface area (TPSA) is 72.7 Å². The number of ether oxygens (including phenoxy) is 1. The van der Waals surface area contributed by atoms with E-state index in [-0.39, 0.29) is 24.5 Å². The van der Waals surface area contributed by atoms with Gasteiger partial charge >= 0.3 is 0 Å². The molecule has 0 atom stereocenters. The Bertz CT molecular complexity index is 967. The fraction of sp³-hybridized carbons (Fsp3) is 0.286. The van der Waals surface area contributed by atoms with Gasteiger partial charge in [-0.15, -0.1) is 0 Å². The summed E-state index contributed by atoms with van der Waals surface area (Å²) in [6.45, 7) is 3.02. The van der Waals surface area contributed by atoms with Gasteiger partial charge in [-0.3, -0.25) is 9.59 Å². The maximum Gasteiger partial charge on any atom is 0.220 e. The lowest BCUT2D eigenvalue weighted by Gasteiger charge is -2.06. The molecule has 0 saturated carbocycles. The summed E-state index contributed by atoms with van der Waals surface area (Å²) in [6, 6.07) is 10.8. The van der Waals surface area contributed by atoms with Gasteiger partial charge in [-0.05, 0) is 58.7 Å². The number of nitrogens with zero attached hydrogens (tertiary/aromatic N) is 2. The summed E-state index contributed by atoms with van der Waals surface area (Å²) in [5.74, 6) is 0.514. The van der Waals surface area contributed by atoms with E-state index in [4.69, 9.17) is 4.74 Å². The van der Waals surface area contributed by atoms with E-state index in [0.717, 1.165) is 28.0 Å². The zero-order valence-electron chi connectivity index (χ0n) is 15.7. The van der Waals surface area contributed by atoms with Crippen molar-refractivity contribution in [2.45, 2.75) is 32.7 Å². The third-order valence-corrected chi connectivity index (χ3v) is 4.63. The quantitative estimate of drug-likeness (QED) is 0.503. The Morgan fingerprint density at radius 1 is 1.11 bits per heavy atom. The number of benzene rings is 1. The Labute approximate surface area is 172 Å². The van der Waals surface area contributed by atoms with Crippen molar-refractivity contribution in [2.75, 3.05) is 6.61 Å². The molecule has 1 aromatic carbocycles. The third kappa shape index (κ3) is 5.42. The summed E-state index contributed by atoms with van der Waals surface area (Å²) in [5, 5.41) is 2.81. The van der Waals surface area contributed by atoms with Gasteiger partial charge in [0.25, 0.3) is 0 Å². The van der Waals surface area contributed by atoms with E-state index in [1.165, 1.54) is 0 Å². The van der Waals surface area contributed by atoms with Crippen LogP contribution in [0.25, 0.3) is 5.65 Å². The molecule has 0 aliphatic heterocycles. The first-order chi connectivity index (χ1) is 13.5. The number of carbonyl (C=O) groups is 2. The lowest BCUT2D eigenvalue weighted by atomic mass is 10.1. The van der Waals surface area contributed by atoms with Crippen LogP contribution in [0.4, 0.5) is 0 Å². The smallest absolute Gasteiger partial charge is 0.220 e. The number of carbonyl (C=O) groups excluding carboxylic acids is 2. The van der Waals surface area contributed by atoms with E-state index in [2.05, 4.69) is 26.2 Å². The highest BCUT2D eigenvalue weighted by atomic mass is 79.9. The van der Waals surface area contributed by atoms with E-state index in [9.17, 15) is 9.59 Å². The summed E-state index contributed by atoms with van der Waals surface area (Å²) in [7, 11) is 0. The molecule has 0 radical (unpaired) electrons. The molecule has 3 aromatic rings. The van der Waals surface area contributed by atoms with Crippen molar-refractivity contribution in [1.29, 1.82) is 0 Å². The predicted octanol–water partition coefficient (Wildman–Crippen LogP) is 4.16. The van der Waals surface area contributed by atoms with Crippen LogP contribution >= 0.6 is 15.9 Å². The highest BCUT2D eigenvalue weighted by Crippen LogP contribution is 2.15. The van der Waals surface area contributed by atoms with E-state index < -0.39 is 0 Å². The van der Waals surface area contributed by atoms with Gasteiger partial charge < -0.3 is 14.5 Å². The zero-order valence-corrected chi connectivity index (χ0v) is 17.2. The Kier molecular flexibility index (Phi) is 6.81. The Balaban J connectivity index is 1.46.